The lowest BCUT2D eigenvalue weighted by atomic mass is 10.3. The standard InChI is InChI=1S/C13H8F2N4O2S/c14-12(15)18-9-5-2-1-4-8(9)17-13(18)22-11-10(19(20)21)6-3-7-16-11/h1-7,12H. The van der Waals surface area contributed by atoms with Gasteiger partial charge in [0.25, 0.3) is 0 Å². The van der Waals surface area contributed by atoms with E-state index in [0.29, 0.717) is 5.52 Å². The molecule has 0 saturated carbocycles. The molecule has 9 heteroatoms. The van der Waals surface area contributed by atoms with Crippen LogP contribution in [-0.2, 0) is 0 Å². The number of halogens is 2. The van der Waals surface area contributed by atoms with Gasteiger partial charge in [-0.25, -0.2) is 9.97 Å². The molecule has 0 bridgehead atoms. The maximum Gasteiger partial charge on any atom is 0.321 e. The first kappa shape index (κ1) is 14.4. The maximum absolute atomic E-state index is 13.3. The molecule has 0 fully saturated rings. The number of aromatic nitrogens is 3. The van der Waals surface area contributed by atoms with Crippen molar-refractivity contribution in [3.8, 4) is 0 Å². The number of rotatable bonds is 4. The normalized spacial score (nSPS) is 11.2. The zero-order valence-electron chi connectivity index (χ0n) is 10.9. The van der Waals surface area contributed by atoms with E-state index in [1.807, 2.05) is 0 Å². The second-order valence-corrected chi connectivity index (χ2v) is 5.17. The number of hydrogen-bond acceptors (Lipinski definition) is 5. The highest BCUT2D eigenvalue weighted by Crippen LogP contribution is 2.36. The molecular formula is C13H8F2N4O2S. The maximum atomic E-state index is 13.3. The molecule has 0 aliphatic carbocycles. The molecule has 112 valence electrons. The molecule has 0 atom stereocenters. The Morgan fingerprint density at radius 2 is 2.00 bits per heavy atom. The van der Waals surface area contributed by atoms with Gasteiger partial charge < -0.3 is 0 Å². The number of pyridine rings is 1. The second-order valence-electron chi connectivity index (χ2n) is 4.22. The van der Waals surface area contributed by atoms with Crippen LogP contribution in [0.2, 0.25) is 0 Å². The number of hydrogen-bond donors (Lipinski definition) is 0. The van der Waals surface area contributed by atoms with Crippen LogP contribution >= 0.6 is 11.8 Å². The van der Waals surface area contributed by atoms with Crippen LogP contribution in [-0.4, -0.2) is 19.5 Å². The van der Waals surface area contributed by atoms with E-state index in [0.717, 1.165) is 16.3 Å². The van der Waals surface area contributed by atoms with Gasteiger partial charge in [-0.2, -0.15) is 8.78 Å². The van der Waals surface area contributed by atoms with E-state index in [-0.39, 0.29) is 21.4 Å². The van der Waals surface area contributed by atoms with Gasteiger partial charge in [-0.15, -0.1) is 0 Å². The van der Waals surface area contributed by atoms with Crippen molar-refractivity contribution < 1.29 is 13.7 Å². The molecule has 3 rings (SSSR count). The Balaban J connectivity index is 2.12. The fourth-order valence-corrected chi connectivity index (χ4v) is 2.92. The van der Waals surface area contributed by atoms with Gasteiger partial charge >= 0.3 is 12.2 Å². The molecule has 0 saturated heterocycles. The van der Waals surface area contributed by atoms with E-state index >= 15 is 0 Å². The average molecular weight is 322 g/mol. The smallest absolute Gasteiger partial charge is 0.261 e. The van der Waals surface area contributed by atoms with Crippen molar-refractivity contribution in [2.75, 3.05) is 0 Å². The zero-order valence-corrected chi connectivity index (χ0v) is 11.7. The van der Waals surface area contributed by atoms with Crippen molar-refractivity contribution >= 4 is 28.5 Å². The molecule has 0 aliphatic rings. The van der Waals surface area contributed by atoms with Crippen LogP contribution in [0.4, 0.5) is 14.5 Å². The van der Waals surface area contributed by atoms with Crippen molar-refractivity contribution in [1.29, 1.82) is 0 Å². The molecule has 22 heavy (non-hydrogen) atoms. The quantitative estimate of drug-likeness (QED) is 0.538. The van der Waals surface area contributed by atoms with Gasteiger partial charge in [-0.1, -0.05) is 12.1 Å². The summed E-state index contributed by atoms with van der Waals surface area (Å²) >= 11 is 0.742. The Hall–Kier alpha value is -2.55. The molecule has 0 aliphatic heterocycles. The summed E-state index contributed by atoms with van der Waals surface area (Å²) in [6.45, 7) is -2.81. The number of nitro groups is 1. The highest BCUT2D eigenvalue weighted by atomic mass is 32.2. The lowest BCUT2D eigenvalue weighted by molar-refractivity contribution is -0.388. The van der Waals surface area contributed by atoms with Crippen LogP contribution in [0, 0.1) is 10.1 Å². The minimum atomic E-state index is -2.81. The Kier molecular flexibility index (Phi) is 3.72. The Morgan fingerprint density at radius 3 is 2.73 bits per heavy atom. The second kappa shape index (κ2) is 5.68. The molecule has 0 N–H and O–H groups in total. The molecule has 3 aromatic rings. The molecule has 0 amide bonds. The number of alkyl halides is 2. The van der Waals surface area contributed by atoms with Crippen molar-refractivity contribution in [3.63, 3.8) is 0 Å². The predicted molar refractivity (Wildman–Crippen MR) is 76.0 cm³/mol. The molecular weight excluding hydrogens is 314 g/mol. The summed E-state index contributed by atoms with van der Waals surface area (Å²) in [5.74, 6) is 0. The van der Waals surface area contributed by atoms with Crippen LogP contribution in [0.25, 0.3) is 11.0 Å². The van der Waals surface area contributed by atoms with Gasteiger partial charge in [-0.3, -0.25) is 14.7 Å². The lowest BCUT2D eigenvalue weighted by Crippen LogP contribution is -2.01. The molecule has 6 nitrogen and oxygen atoms in total. The van der Waals surface area contributed by atoms with Crippen molar-refractivity contribution in [1.82, 2.24) is 14.5 Å². The topological polar surface area (TPSA) is 73.8 Å². The Bertz CT molecular complexity index is 853. The van der Waals surface area contributed by atoms with Crippen molar-refractivity contribution in [3.05, 3.63) is 52.7 Å². The third-order valence-electron chi connectivity index (χ3n) is 2.89. The number of nitrogens with zero attached hydrogens (tertiary/aromatic N) is 4. The number of fused-ring (bicyclic) bond motifs is 1. The lowest BCUT2D eigenvalue weighted by Gasteiger charge is -2.06. The third kappa shape index (κ3) is 2.50. The van der Waals surface area contributed by atoms with Crippen LogP contribution < -0.4 is 0 Å². The molecule has 1 aromatic carbocycles. The Labute approximate surface area is 127 Å². The first-order chi connectivity index (χ1) is 10.6. The molecule has 2 heterocycles. The first-order valence-corrected chi connectivity index (χ1v) is 6.92. The van der Waals surface area contributed by atoms with Crippen LogP contribution in [0.1, 0.15) is 6.55 Å². The summed E-state index contributed by atoms with van der Waals surface area (Å²) in [7, 11) is 0. The largest absolute Gasteiger partial charge is 0.321 e. The third-order valence-corrected chi connectivity index (χ3v) is 3.87. The van der Waals surface area contributed by atoms with E-state index in [1.54, 1.807) is 18.2 Å². The molecule has 0 radical (unpaired) electrons. The fourth-order valence-electron chi connectivity index (χ4n) is 1.97. The molecule has 0 unspecified atom stereocenters. The van der Waals surface area contributed by atoms with Crippen LogP contribution in [0.5, 0.6) is 0 Å². The van der Waals surface area contributed by atoms with Gasteiger partial charge in [0.15, 0.2) is 10.2 Å². The highest BCUT2D eigenvalue weighted by molar-refractivity contribution is 7.99. The number of para-hydroxylation sites is 2. The van der Waals surface area contributed by atoms with E-state index < -0.39 is 11.5 Å². The SMILES string of the molecule is O=[N+]([O-])c1cccnc1Sc1nc2ccccc2n1C(F)F. The summed E-state index contributed by atoms with van der Waals surface area (Å²) in [5, 5.41) is 11.0. The van der Waals surface area contributed by atoms with E-state index in [9.17, 15) is 18.9 Å². The summed E-state index contributed by atoms with van der Waals surface area (Å²) in [6.07, 6.45) is 1.37. The summed E-state index contributed by atoms with van der Waals surface area (Å²) in [6, 6.07) is 9.11. The van der Waals surface area contributed by atoms with Gasteiger partial charge in [-0.05, 0) is 30.0 Å². The van der Waals surface area contributed by atoms with Gasteiger partial charge in [0.1, 0.15) is 0 Å². The fraction of sp³-hybridized carbons (Fsp3) is 0.0769. The summed E-state index contributed by atoms with van der Waals surface area (Å²) < 4.78 is 27.4. The summed E-state index contributed by atoms with van der Waals surface area (Å²) in [4.78, 5) is 18.4. The highest BCUT2D eigenvalue weighted by Gasteiger charge is 2.22. The Morgan fingerprint density at radius 1 is 1.23 bits per heavy atom. The monoisotopic (exact) mass is 322 g/mol. The van der Waals surface area contributed by atoms with Gasteiger partial charge in [0.05, 0.1) is 16.0 Å². The predicted octanol–water partition coefficient (Wildman–Crippen LogP) is 3.89. The van der Waals surface area contributed by atoms with Crippen molar-refractivity contribution in [2.24, 2.45) is 0 Å². The molecule has 2 aromatic heterocycles. The number of imidazole rings is 1. The van der Waals surface area contributed by atoms with Crippen LogP contribution in [0.15, 0.2) is 52.8 Å². The van der Waals surface area contributed by atoms with Gasteiger partial charge in [0.2, 0.25) is 0 Å². The van der Waals surface area contributed by atoms with E-state index in [2.05, 4.69) is 9.97 Å². The average Bonchev–Trinajstić information content (AvgIpc) is 2.85. The number of benzene rings is 1. The van der Waals surface area contributed by atoms with Gasteiger partial charge in [0, 0.05) is 12.3 Å². The van der Waals surface area contributed by atoms with E-state index in [4.69, 9.17) is 0 Å². The minimum absolute atomic E-state index is 0.0182. The van der Waals surface area contributed by atoms with Crippen LogP contribution in [0.3, 0.4) is 0 Å². The minimum Gasteiger partial charge on any atom is -0.261 e. The summed E-state index contributed by atoms with van der Waals surface area (Å²) in [5.41, 5.74) is 0.405. The van der Waals surface area contributed by atoms with E-state index in [1.165, 1.54) is 24.4 Å². The first-order valence-electron chi connectivity index (χ1n) is 6.10. The van der Waals surface area contributed by atoms with Crippen molar-refractivity contribution in [2.45, 2.75) is 16.7 Å². The zero-order chi connectivity index (χ0) is 15.7. The molecule has 0 spiro atoms.